The van der Waals surface area contributed by atoms with Gasteiger partial charge in [-0.3, -0.25) is 0 Å². The predicted molar refractivity (Wildman–Crippen MR) is 72.5 cm³/mol. The van der Waals surface area contributed by atoms with Gasteiger partial charge in [0.05, 0.1) is 6.10 Å². The second-order valence-corrected chi connectivity index (χ2v) is 4.92. The van der Waals surface area contributed by atoms with Gasteiger partial charge in [-0.15, -0.1) is 0 Å². The molecular weight excluding hydrogens is 210 g/mol. The number of hydrogen-bond donors (Lipinski definition) is 1. The molecule has 1 aromatic rings. The van der Waals surface area contributed by atoms with Crippen LogP contribution in [0, 0.1) is 0 Å². The summed E-state index contributed by atoms with van der Waals surface area (Å²) in [5, 5.41) is 3.64. The summed E-state index contributed by atoms with van der Waals surface area (Å²) in [6, 6.07) is 9.31. The summed E-state index contributed by atoms with van der Waals surface area (Å²) in [6.45, 7) is 2.20. The van der Waals surface area contributed by atoms with Crippen molar-refractivity contribution in [2.75, 3.05) is 12.4 Å². The van der Waals surface area contributed by atoms with Crippen molar-refractivity contribution in [3.63, 3.8) is 0 Å². The summed E-state index contributed by atoms with van der Waals surface area (Å²) in [4.78, 5) is 0. The Morgan fingerprint density at radius 3 is 3.00 bits per heavy atom. The minimum absolute atomic E-state index is 0.440. The maximum absolute atomic E-state index is 5.46. The molecule has 2 atom stereocenters. The fourth-order valence-corrected chi connectivity index (χ4v) is 2.61. The van der Waals surface area contributed by atoms with Gasteiger partial charge >= 0.3 is 0 Å². The molecule has 1 fully saturated rings. The van der Waals surface area contributed by atoms with Gasteiger partial charge in [0, 0.05) is 18.8 Å². The van der Waals surface area contributed by atoms with Gasteiger partial charge in [0.25, 0.3) is 0 Å². The van der Waals surface area contributed by atoms with Crippen molar-refractivity contribution in [3.8, 4) is 0 Å². The van der Waals surface area contributed by atoms with E-state index in [1.807, 2.05) is 7.11 Å². The Kier molecular flexibility index (Phi) is 4.43. The first-order valence-electron chi connectivity index (χ1n) is 6.70. The molecule has 17 heavy (non-hydrogen) atoms. The maximum atomic E-state index is 5.46. The quantitative estimate of drug-likeness (QED) is 0.857. The molecule has 0 heterocycles. The van der Waals surface area contributed by atoms with Gasteiger partial charge in [0.2, 0.25) is 0 Å². The molecule has 2 unspecified atom stereocenters. The molecule has 1 saturated carbocycles. The van der Waals surface area contributed by atoms with Crippen molar-refractivity contribution in [3.05, 3.63) is 29.8 Å². The van der Waals surface area contributed by atoms with Crippen molar-refractivity contribution < 1.29 is 4.74 Å². The van der Waals surface area contributed by atoms with Crippen LogP contribution in [0.25, 0.3) is 0 Å². The molecule has 2 nitrogen and oxygen atoms in total. The number of benzene rings is 1. The zero-order valence-electron chi connectivity index (χ0n) is 10.9. The van der Waals surface area contributed by atoms with E-state index in [9.17, 15) is 0 Å². The molecule has 1 aromatic carbocycles. The third kappa shape index (κ3) is 3.47. The number of rotatable bonds is 4. The molecule has 94 valence electrons. The summed E-state index contributed by atoms with van der Waals surface area (Å²) in [5.74, 6) is 0. The van der Waals surface area contributed by atoms with Crippen LogP contribution in [0.2, 0.25) is 0 Å². The monoisotopic (exact) mass is 233 g/mol. The molecule has 2 heteroatoms. The number of anilines is 1. The van der Waals surface area contributed by atoms with Crippen LogP contribution < -0.4 is 5.32 Å². The van der Waals surface area contributed by atoms with E-state index in [2.05, 4.69) is 36.5 Å². The molecular formula is C15H23NO. The molecule has 1 aliphatic carbocycles. The third-order valence-corrected chi connectivity index (χ3v) is 3.67. The predicted octanol–water partition coefficient (Wildman–Crippen LogP) is 3.62. The largest absolute Gasteiger partial charge is 0.382 e. The van der Waals surface area contributed by atoms with Gasteiger partial charge in [-0.05, 0) is 49.8 Å². The minimum Gasteiger partial charge on any atom is -0.382 e. The molecule has 0 amide bonds. The van der Waals surface area contributed by atoms with Crippen LogP contribution in [0.4, 0.5) is 5.69 Å². The van der Waals surface area contributed by atoms with Crippen molar-refractivity contribution in [1.82, 2.24) is 0 Å². The van der Waals surface area contributed by atoms with E-state index in [0.717, 1.165) is 12.8 Å². The van der Waals surface area contributed by atoms with E-state index in [0.29, 0.717) is 12.1 Å². The Bertz CT molecular complexity index is 351. The third-order valence-electron chi connectivity index (χ3n) is 3.67. The van der Waals surface area contributed by atoms with Crippen LogP contribution >= 0.6 is 0 Å². The standard InChI is InChI=1S/C15H23NO/c1-3-12-6-4-7-13(10-12)16-14-8-5-9-15(11-14)17-2/h4,6-7,10,14-16H,3,5,8-9,11H2,1-2H3. The first-order valence-corrected chi connectivity index (χ1v) is 6.70. The highest BCUT2D eigenvalue weighted by atomic mass is 16.5. The SMILES string of the molecule is CCc1cccc(NC2CCCC(OC)C2)c1. The smallest absolute Gasteiger partial charge is 0.0590 e. The van der Waals surface area contributed by atoms with Crippen LogP contribution in [0.15, 0.2) is 24.3 Å². The number of aryl methyl sites for hydroxylation is 1. The Morgan fingerprint density at radius 1 is 1.35 bits per heavy atom. The van der Waals surface area contributed by atoms with E-state index in [1.54, 1.807) is 0 Å². The lowest BCUT2D eigenvalue weighted by Gasteiger charge is -2.29. The van der Waals surface area contributed by atoms with E-state index >= 15 is 0 Å². The zero-order chi connectivity index (χ0) is 12.1. The molecule has 0 saturated heterocycles. The lowest BCUT2D eigenvalue weighted by Crippen LogP contribution is -2.30. The van der Waals surface area contributed by atoms with Gasteiger partial charge in [0.1, 0.15) is 0 Å². The van der Waals surface area contributed by atoms with Crippen molar-refractivity contribution in [1.29, 1.82) is 0 Å². The molecule has 1 aliphatic rings. The van der Waals surface area contributed by atoms with E-state index < -0.39 is 0 Å². The number of nitrogens with one attached hydrogen (secondary N) is 1. The highest BCUT2D eigenvalue weighted by Crippen LogP contribution is 2.24. The van der Waals surface area contributed by atoms with Crippen LogP contribution in [-0.4, -0.2) is 19.3 Å². The second-order valence-electron chi connectivity index (χ2n) is 4.92. The lowest BCUT2D eigenvalue weighted by molar-refractivity contribution is 0.0669. The summed E-state index contributed by atoms with van der Waals surface area (Å²) in [5.41, 5.74) is 2.65. The van der Waals surface area contributed by atoms with Crippen LogP contribution in [0.3, 0.4) is 0 Å². The Balaban J connectivity index is 1.95. The van der Waals surface area contributed by atoms with Crippen LogP contribution in [-0.2, 0) is 11.2 Å². The first-order chi connectivity index (χ1) is 8.31. The highest BCUT2D eigenvalue weighted by molar-refractivity contribution is 5.46. The summed E-state index contributed by atoms with van der Waals surface area (Å²) >= 11 is 0. The average molecular weight is 233 g/mol. The fraction of sp³-hybridized carbons (Fsp3) is 0.600. The van der Waals surface area contributed by atoms with Gasteiger partial charge in [0.15, 0.2) is 0 Å². The van der Waals surface area contributed by atoms with E-state index in [4.69, 9.17) is 4.74 Å². The van der Waals surface area contributed by atoms with Gasteiger partial charge in [-0.2, -0.15) is 0 Å². The molecule has 0 aliphatic heterocycles. The summed E-state index contributed by atoms with van der Waals surface area (Å²) < 4.78 is 5.46. The molecule has 0 bridgehead atoms. The topological polar surface area (TPSA) is 21.3 Å². The van der Waals surface area contributed by atoms with E-state index in [1.165, 1.54) is 30.5 Å². The Labute approximate surface area is 104 Å². The summed E-state index contributed by atoms with van der Waals surface area (Å²) in [7, 11) is 1.82. The molecule has 2 rings (SSSR count). The fourth-order valence-electron chi connectivity index (χ4n) is 2.61. The minimum atomic E-state index is 0.440. The van der Waals surface area contributed by atoms with Gasteiger partial charge in [-0.25, -0.2) is 0 Å². The van der Waals surface area contributed by atoms with Crippen LogP contribution in [0.1, 0.15) is 38.2 Å². The molecule has 0 aromatic heterocycles. The lowest BCUT2D eigenvalue weighted by atomic mass is 9.92. The average Bonchev–Trinajstić information content (AvgIpc) is 2.39. The van der Waals surface area contributed by atoms with Crippen LogP contribution in [0.5, 0.6) is 0 Å². The van der Waals surface area contributed by atoms with E-state index in [-0.39, 0.29) is 0 Å². The van der Waals surface area contributed by atoms with Gasteiger partial charge < -0.3 is 10.1 Å². The van der Waals surface area contributed by atoms with Gasteiger partial charge in [-0.1, -0.05) is 19.1 Å². The Hall–Kier alpha value is -1.02. The van der Waals surface area contributed by atoms with Crippen molar-refractivity contribution in [2.24, 2.45) is 0 Å². The zero-order valence-corrected chi connectivity index (χ0v) is 10.9. The number of ether oxygens (including phenoxy) is 1. The first kappa shape index (κ1) is 12.4. The van der Waals surface area contributed by atoms with Crippen molar-refractivity contribution in [2.45, 2.75) is 51.2 Å². The molecule has 1 N–H and O–H groups in total. The number of methoxy groups -OCH3 is 1. The molecule has 0 spiro atoms. The summed E-state index contributed by atoms with van der Waals surface area (Å²) in [6.07, 6.45) is 6.41. The maximum Gasteiger partial charge on any atom is 0.0590 e. The normalized spacial score (nSPS) is 24.6. The highest BCUT2D eigenvalue weighted by Gasteiger charge is 2.21. The Morgan fingerprint density at radius 2 is 2.24 bits per heavy atom. The number of hydrogen-bond acceptors (Lipinski definition) is 2. The van der Waals surface area contributed by atoms with Crippen molar-refractivity contribution >= 4 is 5.69 Å². The second kappa shape index (κ2) is 6.06. The molecule has 0 radical (unpaired) electrons.